The lowest BCUT2D eigenvalue weighted by atomic mass is 10.1. The lowest BCUT2D eigenvalue weighted by Gasteiger charge is -2.27. The number of carbonyl (C=O) groups excluding carboxylic acids is 2. The summed E-state index contributed by atoms with van der Waals surface area (Å²) in [6.07, 6.45) is 0. The highest BCUT2D eigenvalue weighted by molar-refractivity contribution is 5.98. The summed E-state index contributed by atoms with van der Waals surface area (Å²) in [5.41, 5.74) is 3.06. The second-order valence-electron chi connectivity index (χ2n) is 7.69. The van der Waals surface area contributed by atoms with Crippen molar-refractivity contribution >= 4 is 23.2 Å². The molecule has 7 nitrogen and oxygen atoms in total. The number of anilines is 2. The number of morpholine rings is 1. The molecule has 0 radical (unpaired) electrons. The number of benzene rings is 3. The fourth-order valence-corrected chi connectivity index (χ4v) is 3.48. The number of carbonyl (C=O) groups is 2. The van der Waals surface area contributed by atoms with Crippen LogP contribution in [0, 0.1) is 0 Å². The minimum atomic E-state index is -0.199. The Balaban J connectivity index is 1.25. The highest BCUT2D eigenvalue weighted by atomic mass is 16.5. The number of hydrogen-bond acceptors (Lipinski definition) is 5. The van der Waals surface area contributed by atoms with E-state index in [0.29, 0.717) is 44.2 Å². The molecule has 1 fully saturated rings. The van der Waals surface area contributed by atoms with E-state index in [0.717, 1.165) is 17.0 Å². The first-order valence-electron chi connectivity index (χ1n) is 10.9. The minimum absolute atomic E-state index is 0.0536. The molecule has 7 heteroatoms. The van der Waals surface area contributed by atoms with Crippen LogP contribution in [0.5, 0.6) is 5.75 Å². The molecule has 0 saturated carbocycles. The molecule has 4 rings (SSSR count). The molecule has 2 amide bonds. The normalized spacial score (nSPS) is 13.3. The molecule has 1 aliphatic rings. The Morgan fingerprint density at radius 3 is 2.39 bits per heavy atom. The monoisotopic (exact) mass is 445 g/mol. The highest BCUT2D eigenvalue weighted by Gasteiger charge is 2.18. The van der Waals surface area contributed by atoms with Crippen LogP contribution in [0.2, 0.25) is 0 Å². The van der Waals surface area contributed by atoms with Gasteiger partial charge in [0.2, 0.25) is 5.91 Å². The fraction of sp³-hybridized carbons (Fsp3) is 0.231. The summed E-state index contributed by atoms with van der Waals surface area (Å²) in [6, 6.07) is 24.4. The van der Waals surface area contributed by atoms with Crippen molar-refractivity contribution in [3.8, 4) is 5.75 Å². The third-order valence-corrected chi connectivity index (χ3v) is 5.25. The van der Waals surface area contributed by atoms with Gasteiger partial charge in [0.05, 0.1) is 19.8 Å². The average molecular weight is 446 g/mol. The molecule has 0 spiro atoms. The van der Waals surface area contributed by atoms with Gasteiger partial charge in [0.25, 0.3) is 5.91 Å². The molecule has 0 atom stereocenters. The van der Waals surface area contributed by atoms with Crippen molar-refractivity contribution in [2.45, 2.75) is 6.61 Å². The molecule has 3 aromatic rings. The molecule has 3 aromatic carbocycles. The van der Waals surface area contributed by atoms with E-state index in [1.165, 1.54) is 0 Å². The van der Waals surface area contributed by atoms with Gasteiger partial charge in [-0.15, -0.1) is 0 Å². The molecule has 0 aromatic heterocycles. The van der Waals surface area contributed by atoms with E-state index in [2.05, 4.69) is 10.6 Å². The van der Waals surface area contributed by atoms with Crippen LogP contribution in [0.4, 0.5) is 11.4 Å². The van der Waals surface area contributed by atoms with Crippen LogP contribution in [0.1, 0.15) is 15.9 Å². The van der Waals surface area contributed by atoms with Gasteiger partial charge >= 0.3 is 0 Å². The molecule has 0 unspecified atom stereocenters. The smallest absolute Gasteiger partial charge is 0.254 e. The van der Waals surface area contributed by atoms with Crippen molar-refractivity contribution in [3.05, 3.63) is 90.0 Å². The zero-order chi connectivity index (χ0) is 22.9. The van der Waals surface area contributed by atoms with Gasteiger partial charge < -0.3 is 25.0 Å². The van der Waals surface area contributed by atoms with Crippen molar-refractivity contribution in [1.82, 2.24) is 4.90 Å². The van der Waals surface area contributed by atoms with E-state index >= 15 is 0 Å². The predicted molar refractivity (Wildman–Crippen MR) is 127 cm³/mol. The minimum Gasteiger partial charge on any atom is -0.489 e. The summed E-state index contributed by atoms with van der Waals surface area (Å²) < 4.78 is 11.1. The maximum absolute atomic E-state index is 12.6. The molecule has 1 saturated heterocycles. The number of nitrogens with one attached hydrogen (secondary N) is 2. The van der Waals surface area contributed by atoms with E-state index in [1.807, 2.05) is 54.6 Å². The van der Waals surface area contributed by atoms with E-state index in [9.17, 15) is 9.59 Å². The van der Waals surface area contributed by atoms with Gasteiger partial charge in [-0.3, -0.25) is 9.59 Å². The summed E-state index contributed by atoms with van der Waals surface area (Å²) in [4.78, 5) is 26.8. The van der Waals surface area contributed by atoms with Crippen LogP contribution < -0.4 is 15.4 Å². The molecule has 33 heavy (non-hydrogen) atoms. The van der Waals surface area contributed by atoms with Crippen LogP contribution in [-0.2, 0) is 16.1 Å². The number of nitrogens with zero attached hydrogens (tertiary/aromatic N) is 1. The molecular weight excluding hydrogens is 418 g/mol. The number of hydrogen-bond donors (Lipinski definition) is 2. The first kappa shape index (κ1) is 22.4. The number of amides is 2. The molecule has 2 N–H and O–H groups in total. The molecule has 0 bridgehead atoms. The first-order valence-corrected chi connectivity index (χ1v) is 10.9. The Kier molecular flexibility index (Phi) is 7.56. The van der Waals surface area contributed by atoms with Crippen LogP contribution in [0.15, 0.2) is 78.9 Å². The summed E-state index contributed by atoms with van der Waals surface area (Å²) >= 11 is 0. The summed E-state index contributed by atoms with van der Waals surface area (Å²) in [6.45, 7) is 2.86. The maximum Gasteiger partial charge on any atom is 0.254 e. The maximum atomic E-state index is 12.6. The Labute approximate surface area is 193 Å². The zero-order valence-electron chi connectivity index (χ0n) is 18.3. The molecule has 0 aliphatic carbocycles. The van der Waals surface area contributed by atoms with Crippen LogP contribution in [0.25, 0.3) is 0 Å². The highest BCUT2D eigenvalue weighted by Crippen LogP contribution is 2.17. The van der Waals surface area contributed by atoms with E-state index in [-0.39, 0.29) is 18.4 Å². The van der Waals surface area contributed by atoms with Gasteiger partial charge in [0.15, 0.2) is 0 Å². The fourth-order valence-electron chi connectivity index (χ4n) is 3.48. The third kappa shape index (κ3) is 6.57. The second-order valence-corrected chi connectivity index (χ2v) is 7.69. The predicted octanol–water partition coefficient (Wildman–Crippen LogP) is 3.79. The van der Waals surface area contributed by atoms with Crippen LogP contribution in [-0.4, -0.2) is 49.6 Å². The van der Waals surface area contributed by atoms with Crippen molar-refractivity contribution < 1.29 is 19.1 Å². The van der Waals surface area contributed by atoms with Gasteiger partial charge in [-0.05, 0) is 48.0 Å². The van der Waals surface area contributed by atoms with Gasteiger partial charge in [-0.25, -0.2) is 0 Å². The SMILES string of the molecule is O=C(CNc1ccc(OCc2ccccc2)cc1)Nc1cccc(C(=O)N2CCOCC2)c1. The lowest BCUT2D eigenvalue weighted by Crippen LogP contribution is -2.40. The number of ether oxygens (including phenoxy) is 2. The van der Waals surface area contributed by atoms with Crippen LogP contribution >= 0.6 is 0 Å². The molecule has 1 heterocycles. The van der Waals surface area contributed by atoms with E-state index in [4.69, 9.17) is 9.47 Å². The Morgan fingerprint density at radius 1 is 0.879 bits per heavy atom. The first-order chi connectivity index (χ1) is 16.2. The van der Waals surface area contributed by atoms with Crippen molar-refractivity contribution in [3.63, 3.8) is 0 Å². The summed E-state index contributed by atoms with van der Waals surface area (Å²) in [7, 11) is 0. The zero-order valence-corrected chi connectivity index (χ0v) is 18.3. The van der Waals surface area contributed by atoms with Crippen molar-refractivity contribution in [2.75, 3.05) is 43.5 Å². The summed E-state index contributed by atoms with van der Waals surface area (Å²) in [5.74, 6) is 0.507. The van der Waals surface area contributed by atoms with E-state index < -0.39 is 0 Å². The van der Waals surface area contributed by atoms with E-state index in [1.54, 1.807) is 29.2 Å². The van der Waals surface area contributed by atoms with Gasteiger partial charge in [0, 0.05) is 30.0 Å². The molecular formula is C26H27N3O4. The topological polar surface area (TPSA) is 79.9 Å². The Morgan fingerprint density at radius 2 is 1.64 bits per heavy atom. The lowest BCUT2D eigenvalue weighted by molar-refractivity contribution is -0.114. The Bertz CT molecular complexity index is 1060. The average Bonchev–Trinajstić information content (AvgIpc) is 2.88. The summed E-state index contributed by atoms with van der Waals surface area (Å²) in [5, 5.41) is 5.94. The molecule has 170 valence electrons. The van der Waals surface area contributed by atoms with Gasteiger partial charge in [-0.1, -0.05) is 36.4 Å². The molecule has 1 aliphatic heterocycles. The van der Waals surface area contributed by atoms with Gasteiger partial charge in [0.1, 0.15) is 12.4 Å². The standard InChI is InChI=1S/C26H27N3O4/c30-25(28-23-8-4-7-21(17-23)26(31)29-13-15-32-16-14-29)18-27-22-9-11-24(12-10-22)33-19-20-5-2-1-3-6-20/h1-12,17,27H,13-16,18-19H2,(H,28,30). The van der Waals surface area contributed by atoms with Gasteiger partial charge in [-0.2, -0.15) is 0 Å². The largest absolute Gasteiger partial charge is 0.489 e. The second kappa shape index (κ2) is 11.2. The van der Waals surface area contributed by atoms with Crippen molar-refractivity contribution in [2.24, 2.45) is 0 Å². The third-order valence-electron chi connectivity index (χ3n) is 5.25. The van der Waals surface area contributed by atoms with Crippen molar-refractivity contribution in [1.29, 1.82) is 0 Å². The van der Waals surface area contributed by atoms with Crippen LogP contribution in [0.3, 0.4) is 0 Å². The Hall–Kier alpha value is -3.84. The number of rotatable bonds is 8. The quantitative estimate of drug-likeness (QED) is 0.552.